The van der Waals surface area contributed by atoms with Crippen molar-refractivity contribution < 1.29 is 19.4 Å². The van der Waals surface area contributed by atoms with E-state index in [2.05, 4.69) is 0 Å². The standard InChI is InChI=1S/C19H15NO4S2/c1-12-2-6-14(7-3-12)20-18(23)16(26-19(20)25)10-13-4-8-15(9-5-13)24-11-17(21)22/h2-10H,11H2,1H3,(H,21,22)/b16-10+. The second-order valence-corrected chi connectivity index (χ2v) is 7.28. The number of ether oxygens (including phenoxy) is 1. The first-order valence-corrected chi connectivity index (χ1v) is 8.96. The van der Waals surface area contributed by atoms with Crippen molar-refractivity contribution in [3.63, 3.8) is 0 Å². The Hall–Kier alpha value is -2.64. The van der Waals surface area contributed by atoms with Gasteiger partial charge in [0, 0.05) is 0 Å². The van der Waals surface area contributed by atoms with Crippen molar-refractivity contribution >= 4 is 51.9 Å². The Morgan fingerprint density at radius 2 is 1.85 bits per heavy atom. The molecular formula is C19H15NO4S2. The number of benzene rings is 2. The lowest BCUT2D eigenvalue weighted by atomic mass is 10.2. The molecule has 1 amide bonds. The fourth-order valence-corrected chi connectivity index (χ4v) is 3.64. The number of aryl methyl sites for hydroxylation is 1. The van der Waals surface area contributed by atoms with Crippen LogP contribution in [0.1, 0.15) is 11.1 Å². The van der Waals surface area contributed by atoms with Gasteiger partial charge in [0.25, 0.3) is 5.91 Å². The summed E-state index contributed by atoms with van der Waals surface area (Å²) in [5.74, 6) is -0.735. The summed E-state index contributed by atoms with van der Waals surface area (Å²) in [7, 11) is 0. The average molecular weight is 385 g/mol. The highest BCUT2D eigenvalue weighted by atomic mass is 32.2. The zero-order valence-electron chi connectivity index (χ0n) is 13.8. The first kappa shape index (κ1) is 18.2. The molecule has 132 valence electrons. The van der Waals surface area contributed by atoms with E-state index in [-0.39, 0.29) is 5.91 Å². The van der Waals surface area contributed by atoms with E-state index in [0.717, 1.165) is 16.8 Å². The fraction of sp³-hybridized carbons (Fsp3) is 0.105. The summed E-state index contributed by atoms with van der Waals surface area (Å²) in [5.41, 5.74) is 2.66. The zero-order valence-corrected chi connectivity index (χ0v) is 15.5. The molecule has 1 N–H and O–H groups in total. The minimum Gasteiger partial charge on any atom is -0.482 e. The molecule has 1 aliphatic heterocycles. The van der Waals surface area contributed by atoms with Gasteiger partial charge >= 0.3 is 5.97 Å². The molecular weight excluding hydrogens is 370 g/mol. The van der Waals surface area contributed by atoms with Crippen LogP contribution < -0.4 is 9.64 Å². The first-order chi connectivity index (χ1) is 12.4. The number of anilines is 1. The smallest absolute Gasteiger partial charge is 0.341 e. The van der Waals surface area contributed by atoms with E-state index in [1.807, 2.05) is 31.2 Å². The quantitative estimate of drug-likeness (QED) is 0.623. The van der Waals surface area contributed by atoms with Gasteiger partial charge in [0.05, 0.1) is 10.6 Å². The van der Waals surface area contributed by atoms with Gasteiger partial charge in [0.2, 0.25) is 0 Å². The van der Waals surface area contributed by atoms with E-state index in [0.29, 0.717) is 15.0 Å². The molecule has 0 aliphatic carbocycles. The van der Waals surface area contributed by atoms with E-state index in [1.54, 1.807) is 30.3 Å². The van der Waals surface area contributed by atoms with Gasteiger partial charge in [-0.2, -0.15) is 0 Å². The van der Waals surface area contributed by atoms with Gasteiger partial charge in [-0.1, -0.05) is 53.8 Å². The molecule has 0 spiro atoms. The second kappa shape index (κ2) is 7.72. The van der Waals surface area contributed by atoms with Crippen LogP contribution in [0.2, 0.25) is 0 Å². The molecule has 2 aromatic carbocycles. The van der Waals surface area contributed by atoms with Crippen molar-refractivity contribution in [2.75, 3.05) is 11.5 Å². The van der Waals surface area contributed by atoms with Gasteiger partial charge in [0.15, 0.2) is 10.9 Å². The summed E-state index contributed by atoms with van der Waals surface area (Å²) < 4.78 is 5.59. The molecule has 0 saturated carbocycles. The number of carboxylic acid groups (broad SMARTS) is 1. The summed E-state index contributed by atoms with van der Waals surface area (Å²) in [6.07, 6.45) is 1.76. The van der Waals surface area contributed by atoms with Gasteiger partial charge in [-0.05, 0) is 42.8 Å². The molecule has 2 aromatic rings. The van der Waals surface area contributed by atoms with Crippen molar-refractivity contribution in [3.05, 3.63) is 64.6 Å². The van der Waals surface area contributed by atoms with Crippen molar-refractivity contribution in [3.8, 4) is 5.75 Å². The van der Waals surface area contributed by atoms with Crippen molar-refractivity contribution in [2.24, 2.45) is 0 Å². The second-order valence-electron chi connectivity index (χ2n) is 5.60. The molecule has 1 heterocycles. The summed E-state index contributed by atoms with van der Waals surface area (Å²) in [4.78, 5) is 25.3. The molecule has 1 saturated heterocycles. The van der Waals surface area contributed by atoms with E-state index >= 15 is 0 Å². The molecule has 0 aromatic heterocycles. The maximum absolute atomic E-state index is 12.7. The molecule has 0 bridgehead atoms. The third-order valence-electron chi connectivity index (χ3n) is 3.63. The van der Waals surface area contributed by atoms with E-state index in [4.69, 9.17) is 22.1 Å². The Balaban J connectivity index is 1.77. The molecule has 5 nitrogen and oxygen atoms in total. The lowest BCUT2D eigenvalue weighted by Crippen LogP contribution is -2.27. The zero-order chi connectivity index (χ0) is 18.7. The fourth-order valence-electron chi connectivity index (χ4n) is 2.34. The number of hydrogen-bond acceptors (Lipinski definition) is 5. The topological polar surface area (TPSA) is 66.8 Å². The highest BCUT2D eigenvalue weighted by Gasteiger charge is 2.33. The first-order valence-electron chi connectivity index (χ1n) is 7.73. The Morgan fingerprint density at radius 3 is 2.46 bits per heavy atom. The maximum atomic E-state index is 12.7. The number of carbonyl (C=O) groups excluding carboxylic acids is 1. The van der Waals surface area contributed by atoms with Crippen LogP contribution >= 0.6 is 24.0 Å². The normalized spacial score (nSPS) is 15.6. The minimum absolute atomic E-state index is 0.157. The predicted octanol–water partition coefficient (Wildman–Crippen LogP) is 3.86. The number of rotatable bonds is 5. The number of aliphatic carboxylic acids is 1. The number of thiocarbonyl (C=S) groups is 1. The van der Waals surface area contributed by atoms with Crippen molar-refractivity contribution in [1.29, 1.82) is 0 Å². The Labute approximate surface area is 160 Å². The lowest BCUT2D eigenvalue weighted by molar-refractivity contribution is -0.139. The third-order valence-corrected chi connectivity index (χ3v) is 4.93. The monoisotopic (exact) mass is 385 g/mol. The molecule has 1 aliphatic rings. The van der Waals surface area contributed by atoms with Gasteiger partial charge in [-0.15, -0.1) is 0 Å². The molecule has 3 rings (SSSR count). The number of carbonyl (C=O) groups is 2. The van der Waals surface area contributed by atoms with Crippen LogP contribution in [0.5, 0.6) is 5.75 Å². The third kappa shape index (κ3) is 4.12. The highest BCUT2D eigenvalue weighted by molar-refractivity contribution is 8.27. The number of nitrogens with zero attached hydrogens (tertiary/aromatic N) is 1. The Bertz CT molecular complexity index is 889. The van der Waals surface area contributed by atoms with Gasteiger partial charge < -0.3 is 9.84 Å². The molecule has 0 atom stereocenters. The summed E-state index contributed by atoms with van der Waals surface area (Å²) in [5, 5.41) is 8.62. The highest BCUT2D eigenvalue weighted by Crippen LogP contribution is 2.36. The van der Waals surface area contributed by atoms with Crippen LogP contribution in [0.3, 0.4) is 0 Å². The van der Waals surface area contributed by atoms with Crippen molar-refractivity contribution in [1.82, 2.24) is 0 Å². The van der Waals surface area contributed by atoms with Gasteiger partial charge in [-0.25, -0.2) is 4.79 Å². The Morgan fingerprint density at radius 1 is 1.19 bits per heavy atom. The van der Waals surface area contributed by atoms with Gasteiger partial charge in [-0.3, -0.25) is 9.69 Å². The number of amides is 1. The van der Waals surface area contributed by atoms with E-state index < -0.39 is 12.6 Å². The Kier molecular flexibility index (Phi) is 5.39. The number of thioether (sulfide) groups is 1. The van der Waals surface area contributed by atoms with Gasteiger partial charge in [0.1, 0.15) is 5.75 Å². The van der Waals surface area contributed by atoms with Crippen LogP contribution in [-0.2, 0) is 9.59 Å². The van der Waals surface area contributed by atoms with Crippen LogP contribution in [0, 0.1) is 6.92 Å². The summed E-state index contributed by atoms with van der Waals surface area (Å²) in [6.45, 7) is 1.59. The van der Waals surface area contributed by atoms with Crippen LogP contribution in [-0.4, -0.2) is 27.9 Å². The molecule has 7 heteroatoms. The molecule has 0 unspecified atom stereocenters. The van der Waals surface area contributed by atoms with E-state index in [1.165, 1.54) is 16.7 Å². The number of carboxylic acids is 1. The minimum atomic E-state index is -1.03. The van der Waals surface area contributed by atoms with Crippen LogP contribution in [0.4, 0.5) is 5.69 Å². The summed E-state index contributed by atoms with van der Waals surface area (Å²) >= 11 is 6.61. The molecule has 26 heavy (non-hydrogen) atoms. The lowest BCUT2D eigenvalue weighted by Gasteiger charge is -2.14. The van der Waals surface area contributed by atoms with Crippen molar-refractivity contribution in [2.45, 2.75) is 6.92 Å². The summed E-state index contributed by atoms with van der Waals surface area (Å²) in [6, 6.07) is 14.5. The average Bonchev–Trinajstić information content (AvgIpc) is 2.89. The number of hydrogen-bond donors (Lipinski definition) is 1. The van der Waals surface area contributed by atoms with Crippen LogP contribution in [0.15, 0.2) is 53.4 Å². The van der Waals surface area contributed by atoms with E-state index in [9.17, 15) is 9.59 Å². The predicted molar refractivity (Wildman–Crippen MR) is 106 cm³/mol. The van der Waals surface area contributed by atoms with Crippen LogP contribution in [0.25, 0.3) is 6.08 Å². The molecule has 0 radical (unpaired) electrons. The largest absolute Gasteiger partial charge is 0.482 e. The molecule has 1 fully saturated rings. The maximum Gasteiger partial charge on any atom is 0.341 e. The SMILES string of the molecule is Cc1ccc(N2C(=O)/C(=C\c3ccc(OCC(=O)O)cc3)SC2=S)cc1.